The molecule has 1 spiro atoms. The number of rotatable bonds is 2. The number of amides is 3. The van der Waals surface area contributed by atoms with Crippen molar-refractivity contribution in [3.8, 4) is 0 Å². The molecule has 3 rings (SSSR count). The summed E-state index contributed by atoms with van der Waals surface area (Å²) >= 11 is 0. The highest BCUT2D eigenvalue weighted by atomic mass is 16.6. The first kappa shape index (κ1) is 22.7. The summed E-state index contributed by atoms with van der Waals surface area (Å²) in [5.74, 6) is 0.0337. The van der Waals surface area contributed by atoms with Crippen LogP contribution in [0, 0.1) is 5.41 Å². The smallest absolute Gasteiger partial charge is 0.410 e. The lowest BCUT2D eigenvalue weighted by molar-refractivity contribution is -0.141. The van der Waals surface area contributed by atoms with Gasteiger partial charge in [-0.1, -0.05) is 12.8 Å². The number of alkyl carbamates (subject to hydrolysis) is 1. The molecule has 0 atom stereocenters. The van der Waals surface area contributed by atoms with E-state index in [0.29, 0.717) is 39.0 Å². The van der Waals surface area contributed by atoms with Gasteiger partial charge in [0, 0.05) is 26.2 Å². The van der Waals surface area contributed by atoms with Crippen LogP contribution in [0.1, 0.15) is 72.1 Å². The minimum Gasteiger partial charge on any atom is -0.453 e. The summed E-state index contributed by atoms with van der Waals surface area (Å²) in [6.45, 7) is 8.47. The molecule has 0 aromatic carbocycles. The van der Waals surface area contributed by atoms with Gasteiger partial charge in [-0.15, -0.1) is 0 Å². The van der Waals surface area contributed by atoms with Crippen molar-refractivity contribution in [3.05, 3.63) is 0 Å². The summed E-state index contributed by atoms with van der Waals surface area (Å²) in [6, 6.07) is 0. The molecule has 0 aromatic rings. The summed E-state index contributed by atoms with van der Waals surface area (Å²) in [4.78, 5) is 41.2. The molecule has 0 unspecified atom stereocenters. The van der Waals surface area contributed by atoms with Crippen LogP contribution < -0.4 is 5.32 Å². The number of carbonyl (C=O) groups excluding carboxylic acids is 3. The largest absolute Gasteiger partial charge is 0.453 e. The predicted octanol–water partition coefficient (Wildman–Crippen LogP) is 3.29. The van der Waals surface area contributed by atoms with Crippen molar-refractivity contribution in [1.82, 2.24) is 15.1 Å². The number of carbonyl (C=O) groups is 3. The minimum absolute atomic E-state index is 0.0337. The van der Waals surface area contributed by atoms with Crippen LogP contribution in [-0.2, 0) is 14.3 Å². The van der Waals surface area contributed by atoms with Crippen molar-refractivity contribution in [1.29, 1.82) is 0 Å². The third-order valence-electron chi connectivity index (χ3n) is 6.98. The third kappa shape index (κ3) is 5.01. The van der Waals surface area contributed by atoms with Crippen LogP contribution in [-0.4, -0.2) is 72.3 Å². The Morgan fingerprint density at radius 1 is 0.833 bits per heavy atom. The molecule has 30 heavy (non-hydrogen) atoms. The Morgan fingerprint density at radius 3 is 1.80 bits per heavy atom. The average Bonchev–Trinajstić information content (AvgIpc) is 3.17. The molecule has 3 amide bonds. The van der Waals surface area contributed by atoms with E-state index in [-0.39, 0.29) is 17.4 Å². The van der Waals surface area contributed by atoms with Crippen molar-refractivity contribution < 1.29 is 23.9 Å². The van der Waals surface area contributed by atoms with Gasteiger partial charge in [-0.2, -0.15) is 0 Å². The van der Waals surface area contributed by atoms with Gasteiger partial charge in [-0.3, -0.25) is 4.79 Å². The molecule has 2 aliphatic heterocycles. The Morgan fingerprint density at radius 2 is 1.33 bits per heavy atom. The summed E-state index contributed by atoms with van der Waals surface area (Å²) in [7, 11) is 1.33. The number of likely N-dealkylation sites (tertiary alicyclic amines) is 2. The maximum absolute atomic E-state index is 13.3. The molecule has 2 saturated heterocycles. The second-order valence-corrected chi connectivity index (χ2v) is 10.2. The lowest BCUT2D eigenvalue weighted by atomic mass is 9.71. The van der Waals surface area contributed by atoms with Gasteiger partial charge in [0.15, 0.2) is 0 Å². The maximum Gasteiger partial charge on any atom is 0.410 e. The summed E-state index contributed by atoms with van der Waals surface area (Å²) in [5.41, 5.74) is -1.10. The molecule has 3 fully saturated rings. The molecule has 170 valence electrons. The highest BCUT2D eigenvalue weighted by Crippen LogP contribution is 2.42. The third-order valence-corrected chi connectivity index (χ3v) is 6.98. The average molecular weight is 424 g/mol. The molecular weight excluding hydrogens is 386 g/mol. The fraction of sp³-hybridized carbons (Fsp3) is 0.864. The second kappa shape index (κ2) is 8.63. The summed E-state index contributed by atoms with van der Waals surface area (Å²) < 4.78 is 10.3. The zero-order chi connectivity index (χ0) is 22.0. The predicted molar refractivity (Wildman–Crippen MR) is 112 cm³/mol. The molecular formula is C22H37N3O5. The van der Waals surface area contributed by atoms with E-state index in [0.717, 1.165) is 38.5 Å². The molecule has 1 saturated carbocycles. The van der Waals surface area contributed by atoms with Gasteiger partial charge < -0.3 is 24.6 Å². The summed E-state index contributed by atoms with van der Waals surface area (Å²) in [5, 5.41) is 2.84. The first-order valence-electron chi connectivity index (χ1n) is 11.2. The van der Waals surface area contributed by atoms with E-state index in [4.69, 9.17) is 9.47 Å². The topological polar surface area (TPSA) is 88.2 Å². The molecule has 0 bridgehead atoms. The zero-order valence-electron chi connectivity index (χ0n) is 18.9. The molecule has 2 heterocycles. The minimum atomic E-state index is -0.808. The van der Waals surface area contributed by atoms with Crippen molar-refractivity contribution in [3.63, 3.8) is 0 Å². The van der Waals surface area contributed by atoms with Gasteiger partial charge in [-0.25, -0.2) is 9.59 Å². The van der Waals surface area contributed by atoms with Gasteiger partial charge in [0.1, 0.15) is 11.1 Å². The number of ether oxygens (including phenoxy) is 2. The molecule has 8 heteroatoms. The monoisotopic (exact) mass is 423 g/mol. The zero-order valence-corrected chi connectivity index (χ0v) is 18.9. The van der Waals surface area contributed by atoms with Crippen molar-refractivity contribution in [2.75, 3.05) is 33.3 Å². The van der Waals surface area contributed by atoms with Crippen LogP contribution in [0.3, 0.4) is 0 Å². The fourth-order valence-electron chi connectivity index (χ4n) is 5.09. The lowest BCUT2D eigenvalue weighted by Gasteiger charge is -2.48. The highest BCUT2D eigenvalue weighted by Gasteiger charge is 2.47. The van der Waals surface area contributed by atoms with Crippen LogP contribution in [0.2, 0.25) is 0 Å². The van der Waals surface area contributed by atoms with E-state index in [1.807, 2.05) is 30.6 Å². The Balaban J connectivity index is 1.54. The standard InChI is InChI=1S/C22H37N3O5/c1-20(2,3)30-19(28)25-15-11-21(12-16-25)9-13-24(14-10-21)17(26)22(7-5-6-8-22)23-18(27)29-4/h5-16H2,1-4H3,(H,23,27). The number of piperidine rings is 2. The number of nitrogens with one attached hydrogen (secondary N) is 1. The van der Waals surface area contributed by atoms with Gasteiger partial charge >= 0.3 is 12.2 Å². The number of hydrogen-bond donors (Lipinski definition) is 1. The maximum atomic E-state index is 13.3. The number of hydrogen-bond acceptors (Lipinski definition) is 5. The van der Waals surface area contributed by atoms with E-state index in [1.54, 1.807) is 0 Å². The second-order valence-electron chi connectivity index (χ2n) is 10.2. The van der Waals surface area contributed by atoms with Crippen LogP contribution in [0.5, 0.6) is 0 Å². The van der Waals surface area contributed by atoms with Gasteiger partial charge in [-0.05, 0) is 64.7 Å². The molecule has 3 aliphatic rings. The van der Waals surface area contributed by atoms with E-state index in [2.05, 4.69) is 5.32 Å². The van der Waals surface area contributed by atoms with Crippen molar-refractivity contribution >= 4 is 18.1 Å². The Kier molecular flexibility index (Phi) is 6.53. The van der Waals surface area contributed by atoms with Crippen LogP contribution in [0.25, 0.3) is 0 Å². The molecule has 1 aliphatic carbocycles. The first-order chi connectivity index (χ1) is 14.1. The van der Waals surface area contributed by atoms with E-state index in [1.165, 1.54) is 7.11 Å². The van der Waals surface area contributed by atoms with E-state index in [9.17, 15) is 14.4 Å². The van der Waals surface area contributed by atoms with Crippen LogP contribution in [0.15, 0.2) is 0 Å². The normalized spacial score (nSPS) is 23.2. The SMILES string of the molecule is COC(=O)NC1(C(=O)N2CCC3(CCN(C(=O)OC(C)(C)C)CC3)CC2)CCCC1. The van der Waals surface area contributed by atoms with E-state index >= 15 is 0 Å². The Hall–Kier alpha value is -1.99. The first-order valence-corrected chi connectivity index (χ1v) is 11.2. The number of methoxy groups -OCH3 is 1. The Labute approximate surface area is 179 Å². The van der Waals surface area contributed by atoms with Crippen LogP contribution in [0.4, 0.5) is 9.59 Å². The molecule has 8 nitrogen and oxygen atoms in total. The number of nitrogens with zero attached hydrogens (tertiary/aromatic N) is 2. The molecule has 0 aromatic heterocycles. The van der Waals surface area contributed by atoms with Gasteiger partial charge in [0.2, 0.25) is 5.91 Å². The highest BCUT2D eigenvalue weighted by molar-refractivity contribution is 5.90. The van der Waals surface area contributed by atoms with Crippen LogP contribution >= 0.6 is 0 Å². The molecule has 1 N–H and O–H groups in total. The quantitative estimate of drug-likeness (QED) is 0.736. The van der Waals surface area contributed by atoms with Crippen molar-refractivity contribution in [2.24, 2.45) is 5.41 Å². The van der Waals surface area contributed by atoms with Crippen molar-refractivity contribution in [2.45, 2.75) is 83.3 Å². The van der Waals surface area contributed by atoms with E-state index < -0.39 is 17.2 Å². The van der Waals surface area contributed by atoms with Gasteiger partial charge in [0.05, 0.1) is 7.11 Å². The lowest BCUT2D eigenvalue weighted by Crippen LogP contribution is -2.60. The molecule has 0 radical (unpaired) electrons. The van der Waals surface area contributed by atoms with Gasteiger partial charge in [0.25, 0.3) is 0 Å². The fourth-order valence-corrected chi connectivity index (χ4v) is 5.09. The summed E-state index contributed by atoms with van der Waals surface area (Å²) in [6.07, 6.45) is 6.22. The Bertz CT molecular complexity index is 648.